The van der Waals surface area contributed by atoms with Gasteiger partial charge in [-0.3, -0.25) is 9.59 Å². The van der Waals surface area contributed by atoms with Crippen molar-refractivity contribution in [3.05, 3.63) is 59.7 Å². The van der Waals surface area contributed by atoms with Gasteiger partial charge in [-0.15, -0.1) is 0 Å². The van der Waals surface area contributed by atoms with Gasteiger partial charge in [0.1, 0.15) is 23.4 Å². The number of carbonyl (C=O) groups excluding carboxylic acids is 3. The van der Waals surface area contributed by atoms with Gasteiger partial charge in [-0.25, -0.2) is 4.79 Å². The highest BCUT2D eigenvalue weighted by Crippen LogP contribution is 2.34. The van der Waals surface area contributed by atoms with Gasteiger partial charge in [0.05, 0.1) is 7.11 Å². The van der Waals surface area contributed by atoms with Gasteiger partial charge in [0, 0.05) is 11.2 Å². The number of hydrogen-bond donors (Lipinski definition) is 2. The largest absolute Gasteiger partial charge is 0.497 e. The number of methoxy groups -OCH3 is 1. The fourth-order valence-electron chi connectivity index (χ4n) is 4.40. The van der Waals surface area contributed by atoms with E-state index in [1.165, 1.54) is 0 Å². The van der Waals surface area contributed by atoms with Crippen molar-refractivity contribution in [2.24, 2.45) is 5.92 Å². The fraction of sp³-hybridized carbons (Fsp3) is 0.531. The van der Waals surface area contributed by atoms with Gasteiger partial charge >= 0.3 is 6.09 Å². The fourth-order valence-corrected chi connectivity index (χ4v) is 4.40. The lowest BCUT2D eigenvalue weighted by Gasteiger charge is -2.45. The van der Waals surface area contributed by atoms with E-state index in [-0.39, 0.29) is 17.7 Å². The van der Waals surface area contributed by atoms with E-state index in [2.05, 4.69) is 10.6 Å². The third kappa shape index (κ3) is 9.28. The van der Waals surface area contributed by atoms with Gasteiger partial charge in [0.15, 0.2) is 0 Å². The van der Waals surface area contributed by atoms with E-state index in [0.717, 1.165) is 5.56 Å². The summed E-state index contributed by atoms with van der Waals surface area (Å²) in [7, 11) is 1.58. The van der Waals surface area contributed by atoms with Crippen molar-refractivity contribution in [1.82, 2.24) is 10.2 Å². The molecule has 0 spiro atoms. The van der Waals surface area contributed by atoms with E-state index in [1.807, 2.05) is 65.8 Å². The highest BCUT2D eigenvalue weighted by atomic mass is 16.6. The van der Waals surface area contributed by atoms with Crippen molar-refractivity contribution in [3.8, 4) is 5.75 Å². The minimum absolute atomic E-state index is 0.0982. The Morgan fingerprint density at radius 1 is 0.975 bits per heavy atom. The van der Waals surface area contributed by atoms with Gasteiger partial charge in [0.25, 0.3) is 5.91 Å². The van der Waals surface area contributed by atoms with Gasteiger partial charge in [-0.1, -0.05) is 50.6 Å². The SMILES string of the molecule is CCC(C)(C)N(C(=O)C(CC(C)C)NC(=O)OC(C)(C)C)C(C(=O)Nc1ccc(OC)cc1)c1cccc(C)c1. The predicted octanol–water partition coefficient (Wildman–Crippen LogP) is 6.64. The van der Waals surface area contributed by atoms with Crippen LogP contribution in [-0.4, -0.2) is 47.1 Å². The number of nitrogens with one attached hydrogen (secondary N) is 2. The lowest BCUT2D eigenvalue weighted by atomic mass is 9.90. The Bertz CT molecular complexity index is 1150. The Morgan fingerprint density at radius 3 is 2.10 bits per heavy atom. The number of anilines is 1. The second kappa shape index (κ2) is 13.7. The van der Waals surface area contributed by atoms with E-state index in [9.17, 15) is 14.4 Å². The molecular formula is C32H47N3O5. The van der Waals surface area contributed by atoms with Crippen LogP contribution in [0.5, 0.6) is 5.75 Å². The second-order valence-electron chi connectivity index (χ2n) is 12.2. The van der Waals surface area contributed by atoms with Crippen molar-refractivity contribution in [1.29, 1.82) is 0 Å². The van der Waals surface area contributed by atoms with Crippen LogP contribution in [-0.2, 0) is 14.3 Å². The Balaban J connectivity index is 2.62. The van der Waals surface area contributed by atoms with Crippen molar-refractivity contribution >= 4 is 23.6 Å². The molecule has 2 N–H and O–H groups in total. The highest BCUT2D eigenvalue weighted by Gasteiger charge is 2.43. The molecule has 220 valence electrons. The quantitative estimate of drug-likeness (QED) is 0.325. The van der Waals surface area contributed by atoms with Gasteiger partial charge in [0.2, 0.25) is 5.91 Å². The number of carbonyl (C=O) groups is 3. The number of hydrogen-bond acceptors (Lipinski definition) is 5. The lowest BCUT2D eigenvalue weighted by Crippen LogP contribution is -2.59. The second-order valence-corrected chi connectivity index (χ2v) is 12.2. The molecule has 40 heavy (non-hydrogen) atoms. The number of ether oxygens (including phenoxy) is 2. The smallest absolute Gasteiger partial charge is 0.408 e. The zero-order valence-electron chi connectivity index (χ0n) is 25.8. The van der Waals surface area contributed by atoms with Gasteiger partial charge in [-0.05, 0) is 90.1 Å². The third-order valence-corrected chi connectivity index (χ3v) is 6.67. The average Bonchev–Trinajstić information content (AvgIpc) is 2.85. The molecule has 8 nitrogen and oxygen atoms in total. The minimum Gasteiger partial charge on any atom is -0.497 e. The summed E-state index contributed by atoms with van der Waals surface area (Å²) in [4.78, 5) is 43.0. The molecule has 8 heteroatoms. The highest BCUT2D eigenvalue weighted by molar-refractivity contribution is 5.99. The molecule has 0 fully saturated rings. The third-order valence-electron chi connectivity index (χ3n) is 6.67. The zero-order chi connectivity index (χ0) is 30.3. The number of nitrogens with zero attached hydrogens (tertiary/aromatic N) is 1. The van der Waals surface area contributed by atoms with Crippen LogP contribution in [0.1, 0.15) is 85.4 Å². The van der Waals surface area contributed by atoms with Crippen molar-refractivity contribution < 1.29 is 23.9 Å². The maximum atomic E-state index is 14.5. The summed E-state index contributed by atoms with van der Waals surface area (Å²) in [6.07, 6.45) is 0.294. The van der Waals surface area contributed by atoms with Crippen molar-refractivity contribution in [3.63, 3.8) is 0 Å². The van der Waals surface area contributed by atoms with E-state index < -0.39 is 29.3 Å². The first-order valence-electron chi connectivity index (χ1n) is 13.9. The summed E-state index contributed by atoms with van der Waals surface area (Å²) in [5.41, 5.74) is 0.776. The summed E-state index contributed by atoms with van der Waals surface area (Å²) in [6.45, 7) is 17.1. The first-order valence-corrected chi connectivity index (χ1v) is 13.9. The predicted molar refractivity (Wildman–Crippen MR) is 159 cm³/mol. The monoisotopic (exact) mass is 553 g/mol. The van der Waals surface area contributed by atoms with E-state index >= 15 is 0 Å². The Morgan fingerprint density at radius 2 is 1.60 bits per heavy atom. The topological polar surface area (TPSA) is 97.0 Å². The van der Waals surface area contributed by atoms with Crippen LogP contribution in [0.4, 0.5) is 10.5 Å². The molecule has 2 atom stereocenters. The molecule has 0 aliphatic heterocycles. The summed E-state index contributed by atoms with van der Waals surface area (Å²) < 4.78 is 10.7. The van der Waals surface area contributed by atoms with Crippen LogP contribution in [0.3, 0.4) is 0 Å². The van der Waals surface area contributed by atoms with Crippen LogP contribution in [0.2, 0.25) is 0 Å². The molecule has 3 amide bonds. The molecule has 0 heterocycles. The van der Waals surface area contributed by atoms with Crippen LogP contribution in [0.25, 0.3) is 0 Å². The molecule has 0 saturated carbocycles. The molecule has 2 aromatic rings. The molecule has 2 rings (SSSR count). The number of benzene rings is 2. The Hall–Kier alpha value is -3.55. The Kier molecular flexibility index (Phi) is 11.2. The Labute approximate surface area is 239 Å². The maximum Gasteiger partial charge on any atom is 0.408 e. The molecule has 2 aromatic carbocycles. The normalized spacial score (nSPS) is 13.3. The molecule has 0 radical (unpaired) electrons. The molecule has 2 unspecified atom stereocenters. The average molecular weight is 554 g/mol. The number of aryl methyl sites for hydroxylation is 1. The number of alkyl carbamates (subject to hydrolysis) is 1. The molecule has 0 aromatic heterocycles. The van der Waals surface area contributed by atoms with Crippen LogP contribution in [0.15, 0.2) is 48.5 Å². The molecule has 0 bridgehead atoms. The maximum absolute atomic E-state index is 14.5. The first-order chi connectivity index (χ1) is 18.6. The number of amides is 3. The van der Waals surface area contributed by atoms with Crippen LogP contribution < -0.4 is 15.4 Å². The van der Waals surface area contributed by atoms with E-state index in [4.69, 9.17) is 9.47 Å². The van der Waals surface area contributed by atoms with Crippen molar-refractivity contribution in [2.75, 3.05) is 12.4 Å². The summed E-state index contributed by atoms with van der Waals surface area (Å²) in [5, 5.41) is 5.80. The molecular weight excluding hydrogens is 506 g/mol. The summed E-state index contributed by atoms with van der Waals surface area (Å²) >= 11 is 0. The zero-order valence-corrected chi connectivity index (χ0v) is 25.8. The lowest BCUT2D eigenvalue weighted by molar-refractivity contribution is -0.148. The molecule has 0 aliphatic carbocycles. The van der Waals surface area contributed by atoms with Gasteiger partial charge < -0.3 is 25.0 Å². The van der Waals surface area contributed by atoms with Crippen LogP contribution in [0, 0.1) is 12.8 Å². The van der Waals surface area contributed by atoms with Crippen LogP contribution >= 0.6 is 0 Å². The van der Waals surface area contributed by atoms with E-state index in [0.29, 0.717) is 29.8 Å². The van der Waals surface area contributed by atoms with Gasteiger partial charge in [-0.2, -0.15) is 0 Å². The molecule has 0 aliphatic rings. The standard InChI is InChI=1S/C32H47N3O5/c1-11-32(8,9)35(29(37)26(19-21(2)3)34-30(38)40-31(5,6)7)27(23-14-12-13-22(4)20-23)28(36)33-24-15-17-25(39-10)18-16-24/h12-18,20-21,26-27H,11,19H2,1-10H3,(H,33,36)(H,34,38). The van der Waals surface area contributed by atoms with Crippen molar-refractivity contribution in [2.45, 2.75) is 98.4 Å². The minimum atomic E-state index is -0.959. The number of rotatable bonds is 11. The summed E-state index contributed by atoms with van der Waals surface area (Å²) in [5.74, 6) is 0.0666. The van der Waals surface area contributed by atoms with E-state index in [1.54, 1.807) is 57.0 Å². The summed E-state index contributed by atoms with van der Waals surface area (Å²) in [6, 6.07) is 12.8. The first kappa shape index (κ1) is 32.7. The molecule has 0 saturated heterocycles.